The van der Waals surface area contributed by atoms with Crippen molar-refractivity contribution < 1.29 is 13.6 Å². The number of carbonyl (C=O) groups is 1. The highest BCUT2D eigenvalue weighted by atomic mass is 32.2. The molecule has 2 unspecified atom stereocenters. The molecule has 108 valence electrons. The van der Waals surface area contributed by atoms with Gasteiger partial charge in [-0.1, -0.05) is 11.8 Å². The molecule has 4 nitrogen and oxygen atoms in total. The number of amidine groups is 1. The molecule has 0 saturated carbocycles. The molecule has 1 aromatic rings. The number of thioether (sulfide) groups is 1. The fourth-order valence-corrected chi connectivity index (χ4v) is 2.90. The zero-order valence-corrected chi connectivity index (χ0v) is 11.9. The number of aryl methyl sites for hydroxylation is 1. The summed E-state index contributed by atoms with van der Waals surface area (Å²) in [5.41, 5.74) is 6.70. The van der Waals surface area contributed by atoms with Gasteiger partial charge in [-0.15, -0.1) is 0 Å². The molecular formula is C13H15F2N3OS. The summed E-state index contributed by atoms with van der Waals surface area (Å²) >= 11 is 1.21. The lowest BCUT2D eigenvalue weighted by Crippen LogP contribution is -2.36. The van der Waals surface area contributed by atoms with Crippen molar-refractivity contribution >= 4 is 22.8 Å². The minimum Gasteiger partial charge on any atom is -0.379 e. The molecule has 3 N–H and O–H groups in total. The quantitative estimate of drug-likeness (QED) is 0.893. The van der Waals surface area contributed by atoms with Crippen molar-refractivity contribution in [1.82, 2.24) is 5.32 Å². The largest absolute Gasteiger partial charge is 0.379 e. The number of amides is 1. The van der Waals surface area contributed by atoms with E-state index in [0.29, 0.717) is 16.3 Å². The van der Waals surface area contributed by atoms with Gasteiger partial charge in [-0.2, -0.15) is 0 Å². The van der Waals surface area contributed by atoms with E-state index in [1.54, 1.807) is 13.8 Å². The Balaban J connectivity index is 1.99. The van der Waals surface area contributed by atoms with E-state index in [0.717, 1.165) is 12.1 Å². The van der Waals surface area contributed by atoms with E-state index in [-0.39, 0.29) is 23.7 Å². The molecule has 0 aromatic heterocycles. The molecule has 2 rings (SSSR count). The Morgan fingerprint density at radius 1 is 1.45 bits per heavy atom. The van der Waals surface area contributed by atoms with Crippen molar-refractivity contribution in [3.05, 3.63) is 34.9 Å². The van der Waals surface area contributed by atoms with Crippen LogP contribution in [0.2, 0.25) is 0 Å². The number of carbonyl (C=O) groups excluding carboxylic acids is 1. The molecule has 1 amide bonds. The molecule has 0 radical (unpaired) electrons. The van der Waals surface area contributed by atoms with Gasteiger partial charge in [-0.05, 0) is 37.1 Å². The normalized spacial score (nSPS) is 21.7. The van der Waals surface area contributed by atoms with Crippen LogP contribution in [-0.2, 0) is 11.3 Å². The molecule has 0 fully saturated rings. The fourth-order valence-electron chi connectivity index (χ4n) is 1.96. The highest BCUT2D eigenvalue weighted by Gasteiger charge is 2.31. The van der Waals surface area contributed by atoms with Gasteiger partial charge in [0.1, 0.15) is 5.25 Å². The first-order chi connectivity index (χ1) is 9.38. The second kappa shape index (κ2) is 5.78. The van der Waals surface area contributed by atoms with E-state index in [2.05, 4.69) is 10.3 Å². The molecule has 7 heteroatoms. The summed E-state index contributed by atoms with van der Waals surface area (Å²) in [6, 6.07) is 2.03. The molecule has 0 spiro atoms. The zero-order chi connectivity index (χ0) is 14.9. The summed E-state index contributed by atoms with van der Waals surface area (Å²) in [6.45, 7) is 3.61. The maximum Gasteiger partial charge on any atom is 0.236 e. The van der Waals surface area contributed by atoms with E-state index in [4.69, 9.17) is 5.73 Å². The van der Waals surface area contributed by atoms with Crippen molar-refractivity contribution in [2.24, 2.45) is 10.7 Å². The summed E-state index contributed by atoms with van der Waals surface area (Å²) in [5.74, 6) is -2.02. The average Bonchev–Trinajstić information content (AvgIpc) is 2.71. The van der Waals surface area contributed by atoms with Gasteiger partial charge in [0.25, 0.3) is 0 Å². The van der Waals surface area contributed by atoms with E-state index >= 15 is 0 Å². The maximum atomic E-state index is 13.2. The monoisotopic (exact) mass is 299 g/mol. The molecule has 0 aliphatic carbocycles. The smallest absolute Gasteiger partial charge is 0.236 e. The Morgan fingerprint density at radius 3 is 2.70 bits per heavy atom. The Labute approximate surface area is 119 Å². The zero-order valence-electron chi connectivity index (χ0n) is 11.1. The minimum atomic E-state index is -0.920. The van der Waals surface area contributed by atoms with Crippen LogP contribution in [0.25, 0.3) is 0 Å². The van der Waals surface area contributed by atoms with Crippen LogP contribution in [0.15, 0.2) is 17.1 Å². The van der Waals surface area contributed by atoms with Crippen molar-refractivity contribution in [3.8, 4) is 0 Å². The fraction of sp³-hybridized carbons (Fsp3) is 0.385. The molecule has 1 aromatic carbocycles. The number of nitrogens with one attached hydrogen (secondary N) is 1. The van der Waals surface area contributed by atoms with Crippen LogP contribution in [0.4, 0.5) is 8.78 Å². The van der Waals surface area contributed by atoms with Crippen LogP contribution >= 0.6 is 11.8 Å². The lowest BCUT2D eigenvalue weighted by molar-refractivity contribution is -0.120. The molecule has 2 atom stereocenters. The summed E-state index contributed by atoms with van der Waals surface area (Å²) < 4.78 is 26.2. The van der Waals surface area contributed by atoms with Crippen LogP contribution in [-0.4, -0.2) is 22.4 Å². The third-order valence-electron chi connectivity index (χ3n) is 3.11. The van der Waals surface area contributed by atoms with Gasteiger partial charge in [0.2, 0.25) is 5.91 Å². The topological polar surface area (TPSA) is 67.5 Å². The predicted molar refractivity (Wildman–Crippen MR) is 75.4 cm³/mol. The summed E-state index contributed by atoms with van der Waals surface area (Å²) in [6.07, 6.45) is 0. The number of nitrogens with zero attached hydrogens (tertiary/aromatic N) is 1. The van der Waals surface area contributed by atoms with E-state index in [1.807, 2.05) is 0 Å². The lowest BCUT2D eigenvalue weighted by Gasteiger charge is -2.14. The first-order valence-electron chi connectivity index (χ1n) is 6.10. The standard InChI is InChI=1S/C13H15F2N3OS/c1-6-3-9(14)10(15)4-8(6)5-17-12(19)11-7(2)18-13(16)20-11/h3-4,7,11H,5H2,1-2H3,(H2,16,18)(H,17,19). The third kappa shape index (κ3) is 3.09. The van der Waals surface area contributed by atoms with E-state index < -0.39 is 11.6 Å². The highest BCUT2D eigenvalue weighted by molar-refractivity contribution is 8.15. The predicted octanol–water partition coefficient (Wildman–Crippen LogP) is 1.71. The van der Waals surface area contributed by atoms with Crippen molar-refractivity contribution in [2.45, 2.75) is 31.7 Å². The second-order valence-electron chi connectivity index (χ2n) is 4.66. The number of aliphatic imine (C=N–C) groups is 1. The Morgan fingerprint density at radius 2 is 2.10 bits per heavy atom. The maximum absolute atomic E-state index is 13.2. The second-order valence-corrected chi connectivity index (χ2v) is 5.82. The van der Waals surface area contributed by atoms with Gasteiger partial charge in [0, 0.05) is 6.54 Å². The van der Waals surface area contributed by atoms with Gasteiger partial charge in [0.15, 0.2) is 16.8 Å². The lowest BCUT2D eigenvalue weighted by atomic mass is 10.1. The Kier molecular flexibility index (Phi) is 4.27. The Hall–Kier alpha value is -1.63. The van der Waals surface area contributed by atoms with Crippen molar-refractivity contribution in [3.63, 3.8) is 0 Å². The molecule has 0 bridgehead atoms. The van der Waals surface area contributed by atoms with Gasteiger partial charge < -0.3 is 11.1 Å². The van der Waals surface area contributed by atoms with Crippen LogP contribution < -0.4 is 11.1 Å². The number of halogens is 2. The molecule has 0 saturated heterocycles. The number of rotatable bonds is 3. The molecule has 1 aliphatic heterocycles. The van der Waals surface area contributed by atoms with Crippen LogP contribution in [0.3, 0.4) is 0 Å². The average molecular weight is 299 g/mol. The Bertz CT molecular complexity index is 577. The van der Waals surface area contributed by atoms with Gasteiger partial charge >= 0.3 is 0 Å². The number of nitrogens with two attached hydrogens (primary N) is 1. The van der Waals surface area contributed by atoms with Gasteiger partial charge in [0.05, 0.1) is 6.04 Å². The number of benzene rings is 1. The highest BCUT2D eigenvalue weighted by Crippen LogP contribution is 2.24. The van der Waals surface area contributed by atoms with Gasteiger partial charge in [-0.25, -0.2) is 8.78 Å². The molecule has 20 heavy (non-hydrogen) atoms. The van der Waals surface area contributed by atoms with Crippen LogP contribution in [0.5, 0.6) is 0 Å². The summed E-state index contributed by atoms with van der Waals surface area (Å²) in [4.78, 5) is 16.1. The van der Waals surface area contributed by atoms with Crippen LogP contribution in [0.1, 0.15) is 18.1 Å². The van der Waals surface area contributed by atoms with Crippen LogP contribution in [0, 0.1) is 18.6 Å². The van der Waals surface area contributed by atoms with E-state index in [9.17, 15) is 13.6 Å². The number of hydrogen-bond acceptors (Lipinski definition) is 4. The number of hydrogen-bond donors (Lipinski definition) is 2. The minimum absolute atomic E-state index is 0.144. The summed E-state index contributed by atoms with van der Waals surface area (Å²) in [7, 11) is 0. The SMILES string of the molecule is Cc1cc(F)c(F)cc1CNC(=O)C1SC(N)=NC1C. The first-order valence-corrected chi connectivity index (χ1v) is 6.98. The third-order valence-corrected chi connectivity index (χ3v) is 4.32. The van der Waals surface area contributed by atoms with Gasteiger partial charge in [-0.3, -0.25) is 9.79 Å². The first kappa shape index (κ1) is 14.8. The molecular weight excluding hydrogens is 284 g/mol. The van der Waals surface area contributed by atoms with E-state index in [1.165, 1.54) is 11.8 Å². The molecule has 1 aliphatic rings. The van der Waals surface area contributed by atoms with Crippen molar-refractivity contribution in [2.75, 3.05) is 0 Å². The summed E-state index contributed by atoms with van der Waals surface area (Å²) in [5, 5.41) is 2.72. The van der Waals surface area contributed by atoms with Crippen molar-refractivity contribution in [1.29, 1.82) is 0 Å². The molecule has 1 heterocycles.